The molecule has 1 aliphatic rings. The van der Waals surface area contributed by atoms with Crippen molar-refractivity contribution in [2.75, 3.05) is 33.2 Å². The van der Waals surface area contributed by atoms with E-state index in [1.54, 1.807) is 0 Å². The van der Waals surface area contributed by atoms with Gasteiger partial charge in [-0.05, 0) is 23.6 Å². The highest BCUT2D eigenvalue weighted by molar-refractivity contribution is 6.30. The van der Waals surface area contributed by atoms with Crippen molar-refractivity contribution in [2.45, 2.75) is 33.5 Å². The molecule has 0 atom stereocenters. The maximum absolute atomic E-state index is 5.98. The van der Waals surface area contributed by atoms with E-state index in [9.17, 15) is 0 Å². The second kappa shape index (κ2) is 9.94. The molecular formula is C21H31ClN6. The van der Waals surface area contributed by atoms with E-state index in [1.807, 2.05) is 25.4 Å². The largest absolute Gasteiger partial charge is 0.349 e. The molecule has 1 aromatic heterocycles. The molecule has 3 rings (SSSR count). The van der Waals surface area contributed by atoms with Gasteiger partial charge in [0.1, 0.15) is 5.82 Å². The third kappa shape index (κ3) is 5.72. The number of hydrogen-bond acceptors (Lipinski definition) is 3. The summed E-state index contributed by atoms with van der Waals surface area (Å²) in [6, 6.07) is 8.13. The molecular weight excluding hydrogens is 372 g/mol. The molecule has 0 spiro atoms. The predicted molar refractivity (Wildman–Crippen MR) is 116 cm³/mol. The Labute approximate surface area is 173 Å². The summed E-state index contributed by atoms with van der Waals surface area (Å²) in [5, 5.41) is 4.27. The van der Waals surface area contributed by atoms with Crippen LogP contribution in [0.25, 0.3) is 0 Å². The number of aromatic nitrogens is 2. The summed E-state index contributed by atoms with van der Waals surface area (Å²) in [6.07, 6.45) is 3.92. The number of nitrogens with zero attached hydrogens (tertiary/aromatic N) is 5. The van der Waals surface area contributed by atoms with Crippen LogP contribution in [-0.2, 0) is 19.6 Å². The van der Waals surface area contributed by atoms with Crippen LogP contribution in [0.5, 0.6) is 0 Å². The number of nitrogens with one attached hydrogen (secondary N) is 1. The fourth-order valence-corrected chi connectivity index (χ4v) is 3.65. The van der Waals surface area contributed by atoms with Crippen LogP contribution < -0.4 is 5.32 Å². The molecule has 0 radical (unpaired) electrons. The van der Waals surface area contributed by atoms with E-state index in [1.165, 1.54) is 5.56 Å². The van der Waals surface area contributed by atoms with E-state index in [2.05, 4.69) is 61.8 Å². The SMILES string of the molecule is CN=C(NCc1nccn1CC(C)C)N1CCN(Cc2ccc(Cl)cc2)CC1. The third-order valence-corrected chi connectivity index (χ3v) is 5.22. The molecule has 1 aromatic carbocycles. The molecule has 0 bridgehead atoms. The molecule has 6 nitrogen and oxygen atoms in total. The summed E-state index contributed by atoms with van der Waals surface area (Å²) >= 11 is 5.98. The summed E-state index contributed by atoms with van der Waals surface area (Å²) in [7, 11) is 1.85. The lowest BCUT2D eigenvalue weighted by Gasteiger charge is -2.36. The first-order valence-electron chi connectivity index (χ1n) is 9.97. The molecule has 2 heterocycles. The molecule has 0 aliphatic carbocycles. The number of piperazine rings is 1. The van der Waals surface area contributed by atoms with E-state index in [4.69, 9.17) is 11.6 Å². The molecule has 1 aliphatic heterocycles. The zero-order chi connectivity index (χ0) is 19.9. The van der Waals surface area contributed by atoms with Crippen molar-refractivity contribution in [1.82, 2.24) is 24.7 Å². The van der Waals surface area contributed by atoms with Crippen molar-refractivity contribution in [3.8, 4) is 0 Å². The number of halogens is 1. The molecule has 0 saturated carbocycles. The van der Waals surface area contributed by atoms with Crippen molar-refractivity contribution < 1.29 is 0 Å². The van der Waals surface area contributed by atoms with Gasteiger partial charge in [-0.25, -0.2) is 4.98 Å². The molecule has 2 aromatic rings. The molecule has 1 fully saturated rings. The van der Waals surface area contributed by atoms with Crippen molar-refractivity contribution in [3.63, 3.8) is 0 Å². The zero-order valence-corrected chi connectivity index (χ0v) is 17.9. The predicted octanol–water partition coefficient (Wildman–Crippen LogP) is 3.09. The second-order valence-electron chi connectivity index (χ2n) is 7.68. The van der Waals surface area contributed by atoms with Crippen molar-refractivity contribution in [2.24, 2.45) is 10.9 Å². The van der Waals surface area contributed by atoms with E-state index >= 15 is 0 Å². The van der Waals surface area contributed by atoms with Crippen LogP contribution in [0, 0.1) is 5.92 Å². The molecule has 1 saturated heterocycles. The minimum Gasteiger partial charge on any atom is -0.349 e. The minimum absolute atomic E-state index is 0.598. The van der Waals surface area contributed by atoms with E-state index in [0.717, 1.165) is 56.1 Å². The maximum atomic E-state index is 5.98. The Morgan fingerprint density at radius 3 is 2.54 bits per heavy atom. The van der Waals surface area contributed by atoms with Gasteiger partial charge in [0.05, 0.1) is 6.54 Å². The summed E-state index contributed by atoms with van der Waals surface area (Å²) in [5.74, 6) is 2.60. The van der Waals surface area contributed by atoms with Gasteiger partial charge in [0, 0.05) is 63.7 Å². The summed E-state index contributed by atoms with van der Waals surface area (Å²) < 4.78 is 2.22. The van der Waals surface area contributed by atoms with Gasteiger partial charge in [0.15, 0.2) is 5.96 Å². The first-order chi connectivity index (χ1) is 13.5. The van der Waals surface area contributed by atoms with E-state index in [-0.39, 0.29) is 0 Å². The van der Waals surface area contributed by atoms with Gasteiger partial charge in [0.25, 0.3) is 0 Å². The van der Waals surface area contributed by atoms with Crippen molar-refractivity contribution >= 4 is 17.6 Å². The van der Waals surface area contributed by atoms with Crippen LogP contribution in [0.3, 0.4) is 0 Å². The van der Waals surface area contributed by atoms with Crippen LogP contribution in [-0.4, -0.2) is 58.5 Å². The summed E-state index contributed by atoms with van der Waals surface area (Å²) in [5.41, 5.74) is 1.30. The number of imidazole rings is 1. The van der Waals surface area contributed by atoms with Crippen LogP contribution in [0.1, 0.15) is 25.2 Å². The highest BCUT2D eigenvalue weighted by atomic mass is 35.5. The Morgan fingerprint density at radius 2 is 1.89 bits per heavy atom. The fourth-order valence-electron chi connectivity index (χ4n) is 3.52. The molecule has 0 amide bonds. The Bertz CT molecular complexity index is 759. The number of hydrogen-bond donors (Lipinski definition) is 1. The maximum Gasteiger partial charge on any atom is 0.194 e. The lowest BCUT2D eigenvalue weighted by Crippen LogP contribution is -2.52. The van der Waals surface area contributed by atoms with Crippen LogP contribution in [0.15, 0.2) is 41.7 Å². The topological polar surface area (TPSA) is 48.7 Å². The Balaban J connectivity index is 1.48. The van der Waals surface area contributed by atoms with Gasteiger partial charge in [-0.3, -0.25) is 9.89 Å². The van der Waals surface area contributed by atoms with Gasteiger partial charge < -0.3 is 14.8 Å². The van der Waals surface area contributed by atoms with Crippen LogP contribution in [0.2, 0.25) is 5.02 Å². The Kier molecular flexibility index (Phi) is 7.34. The second-order valence-corrected chi connectivity index (χ2v) is 8.12. The number of guanidine groups is 1. The monoisotopic (exact) mass is 402 g/mol. The van der Waals surface area contributed by atoms with E-state index in [0.29, 0.717) is 12.5 Å². The highest BCUT2D eigenvalue weighted by Crippen LogP contribution is 2.13. The van der Waals surface area contributed by atoms with Crippen LogP contribution in [0.4, 0.5) is 0 Å². The quantitative estimate of drug-likeness (QED) is 0.595. The van der Waals surface area contributed by atoms with Gasteiger partial charge >= 0.3 is 0 Å². The zero-order valence-electron chi connectivity index (χ0n) is 17.1. The average Bonchev–Trinajstić information content (AvgIpc) is 3.11. The normalized spacial score (nSPS) is 16.0. The summed E-state index contributed by atoms with van der Waals surface area (Å²) in [6.45, 7) is 11.1. The minimum atomic E-state index is 0.598. The lowest BCUT2D eigenvalue weighted by molar-refractivity contribution is 0.172. The first kappa shape index (κ1) is 20.7. The molecule has 0 unspecified atom stereocenters. The highest BCUT2D eigenvalue weighted by Gasteiger charge is 2.20. The van der Waals surface area contributed by atoms with Crippen molar-refractivity contribution in [3.05, 3.63) is 53.1 Å². The smallest absolute Gasteiger partial charge is 0.194 e. The van der Waals surface area contributed by atoms with Gasteiger partial charge in [0.2, 0.25) is 0 Å². The van der Waals surface area contributed by atoms with Gasteiger partial charge in [-0.2, -0.15) is 0 Å². The van der Waals surface area contributed by atoms with Crippen LogP contribution >= 0.6 is 11.6 Å². The number of benzene rings is 1. The first-order valence-corrected chi connectivity index (χ1v) is 10.4. The molecule has 1 N–H and O–H groups in total. The fraction of sp³-hybridized carbons (Fsp3) is 0.524. The Hall–Kier alpha value is -2.05. The summed E-state index contributed by atoms with van der Waals surface area (Å²) in [4.78, 5) is 13.8. The average molecular weight is 403 g/mol. The molecule has 7 heteroatoms. The molecule has 152 valence electrons. The lowest BCUT2D eigenvalue weighted by atomic mass is 10.2. The van der Waals surface area contributed by atoms with Gasteiger partial charge in [-0.15, -0.1) is 0 Å². The van der Waals surface area contributed by atoms with Crippen molar-refractivity contribution in [1.29, 1.82) is 0 Å². The molecule has 28 heavy (non-hydrogen) atoms. The van der Waals surface area contributed by atoms with Gasteiger partial charge in [-0.1, -0.05) is 37.6 Å². The Morgan fingerprint density at radius 1 is 1.18 bits per heavy atom. The third-order valence-electron chi connectivity index (χ3n) is 4.97. The number of aliphatic imine (C=N–C) groups is 1. The van der Waals surface area contributed by atoms with E-state index < -0.39 is 0 Å². The number of rotatable bonds is 6. The standard InChI is InChI=1S/C21H31ClN6/c1-17(2)15-28-9-8-24-20(28)14-25-21(23-3)27-12-10-26(11-13-27)16-18-4-6-19(22)7-5-18/h4-9,17H,10-16H2,1-3H3,(H,23,25).